The molecule has 0 radical (unpaired) electrons. The van der Waals surface area contributed by atoms with E-state index in [2.05, 4.69) is 5.32 Å². The number of aliphatic hydroxyl groups is 1. The second-order valence-corrected chi connectivity index (χ2v) is 14.1. The first kappa shape index (κ1) is 37.2. The number of esters is 1. The van der Waals surface area contributed by atoms with E-state index in [0.29, 0.717) is 34.3 Å². The van der Waals surface area contributed by atoms with Gasteiger partial charge in [0.1, 0.15) is 35.3 Å². The molecule has 4 N–H and O–H groups in total. The van der Waals surface area contributed by atoms with Crippen molar-refractivity contribution in [3.63, 3.8) is 0 Å². The zero-order valence-corrected chi connectivity index (χ0v) is 30.2. The van der Waals surface area contributed by atoms with Crippen molar-refractivity contribution in [1.82, 2.24) is 0 Å². The van der Waals surface area contributed by atoms with E-state index in [4.69, 9.17) is 41.0 Å². The second-order valence-electron chi connectivity index (χ2n) is 13.7. The highest BCUT2D eigenvalue weighted by molar-refractivity contribution is 6.34. The SMILES string of the molecule is COc1cc(N)ccc1NC(=O)O[C@H]1CC(=O)N(C)c2cc(cc(C)c2Cl)C/C(C)=C/C=C/[C@@H](OC)[C@]2(O)CC(=O)O[C@@H](C2)[C@@H](C)[C@@H]2O[C@@]12C. The number of anilines is 3. The summed E-state index contributed by atoms with van der Waals surface area (Å²) in [5, 5.41) is 14.9. The number of ether oxygens (including phenoxy) is 5. The van der Waals surface area contributed by atoms with Crippen molar-refractivity contribution in [2.45, 2.75) is 89.0 Å². The normalized spacial score (nSPS) is 31.8. The molecule has 3 heterocycles. The Bertz CT molecular complexity index is 1710. The van der Waals surface area contributed by atoms with Gasteiger partial charge in [0, 0.05) is 38.2 Å². The number of carbonyl (C=O) groups excluding carboxylic acids is 3. The third-order valence-corrected chi connectivity index (χ3v) is 10.4. The van der Waals surface area contributed by atoms with Gasteiger partial charge in [0.15, 0.2) is 0 Å². The number of nitrogens with one attached hydrogen (secondary N) is 1. The summed E-state index contributed by atoms with van der Waals surface area (Å²) in [5.74, 6) is -1.08. The number of carbonyl (C=O) groups is 3. The van der Waals surface area contributed by atoms with Crippen LogP contribution in [0.25, 0.3) is 0 Å². The molecule has 13 heteroatoms. The summed E-state index contributed by atoms with van der Waals surface area (Å²) in [4.78, 5) is 41.8. The first-order valence-electron chi connectivity index (χ1n) is 16.5. The third kappa shape index (κ3) is 7.78. The number of rotatable bonds is 4. The molecule has 0 aromatic heterocycles. The lowest BCUT2D eigenvalue weighted by Crippen LogP contribution is -2.53. The molecular weight excluding hydrogens is 666 g/mol. The zero-order valence-electron chi connectivity index (χ0n) is 29.4. The van der Waals surface area contributed by atoms with Gasteiger partial charge in [-0.1, -0.05) is 48.4 Å². The number of methoxy groups -OCH3 is 2. The van der Waals surface area contributed by atoms with Crippen LogP contribution in [0, 0.1) is 12.8 Å². The molecule has 2 aromatic carbocycles. The average molecular weight is 712 g/mol. The summed E-state index contributed by atoms with van der Waals surface area (Å²) in [7, 11) is 4.55. The van der Waals surface area contributed by atoms with E-state index in [-0.39, 0.29) is 25.2 Å². The average Bonchev–Trinajstić information content (AvgIpc) is 3.75. The standard InChI is InChI=1S/C37H46ClN3O9/c1-20-9-8-10-29(47-7)37(45)18-28(48-32(43)19-37)22(3)34-36(4,50-34)30(49-35(44)40-25-12-11-24(39)16-27(25)46-6)17-31(42)41(5)26-15-23(13-20)14-21(2)33(26)38/h8-12,14-16,22,28-30,34,45H,13,17-19,39H2,1-7H3,(H,40,44)/b10-8+,20-9+/t22-,28+,29-,30+,34+,36+,37-/m1/s1. The fraction of sp³-hybridized carbons (Fsp3) is 0.486. The Balaban J connectivity index is 1.53. The van der Waals surface area contributed by atoms with Crippen LogP contribution in [0.3, 0.4) is 0 Å². The first-order chi connectivity index (χ1) is 23.6. The molecule has 2 fully saturated rings. The molecule has 0 saturated carbocycles. The lowest BCUT2D eigenvalue weighted by atomic mass is 9.78. The minimum Gasteiger partial charge on any atom is -0.494 e. The van der Waals surface area contributed by atoms with Crippen LogP contribution in [0.5, 0.6) is 5.75 Å². The molecule has 50 heavy (non-hydrogen) atoms. The molecule has 4 bridgehead atoms. The van der Waals surface area contributed by atoms with Crippen LogP contribution in [-0.4, -0.2) is 80.0 Å². The Morgan fingerprint density at radius 2 is 1.92 bits per heavy atom. The quantitative estimate of drug-likeness (QED) is 0.209. The van der Waals surface area contributed by atoms with Crippen molar-refractivity contribution in [2.75, 3.05) is 37.2 Å². The largest absolute Gasteiger partial charge is 0.494 e. The first-order valence-corrected chi connectivity index (χ1v) is 16.9. The predicted molar refractivity (Wildman–Crippen MR) is 189 cm³/mol. The maximum Gasteiger partial charge on any atom is 0.412 e. The highest BCUT2D eigenvalue weighted by Crippen LogP contribution is 2.49. The summed E-state index contributed by atoms with van der Waals surface area (Å²) in [6, 6.07) is 8.57. The summed E-state index contributed by atoms with van der Waals surface area (Å²) in [6.45, 7) is 7.43. The maximum absolute atomic E-state index is 14.0. The van der Waals surface area contributed by atoms with Crippen molar-refractivity contribution >= 4 is 46.6 Å². The van der Waals surface area contributed by atoms with Crippen LogP contribution < -0.4 is 20.7 Å². The number of hydrogen-bond acceptors (Lipinski definition) is 10. The smallest absolute Gasteiger partial charge is 0.412 e. The monoisotopic (exact) mass is 711 g/mol. The number of fused-ring (bicyclic) bond motifs is 5. The number of nitrogen functional groups attached to an aromatic ring is 1. The molecule has 5 rings (SSSR count). The van der Waals surface area contributed by atoms with Gasteiger partial charge in [0.25, 0.3) is 0 Å². The molecule has 3 aliphatic rings. The Kier molecular flexibility index (Phi) is 10.9. The van der Waals surface area contributed by atoms with E-state index < -0.39 is 53.6 Å². The number of epoxide rings is 1. The van der Waals surface area contributed by atoms with Gasteiger partial charge in [-0.3, -0.25) is 14.9 Å². The molecule has 0 spiro atoms. The van der Waals surface area contributed by atoms with E-state index in [1.54, 1.807) is 44.3 Å². The molecule has 7 atom stereocenters. The van der Waals surface area contributed by atoms with Crippen LogP contribution >= 0.6 is 11.6 Å². The third-order valence-electron chi connectivity index (χ3n) is 9.92. The number of amides is 2. The van der Waals surface area contributed by atoms with Gasteiger partial charge >= 0.3 is 12.1 Å². The van der Waals surface area contributed by atoms with Gasteiger partial charge in [-0.25, -0.2) is 4.79 Å². The van der Waals surface area contributed by atoms with Crippen molar-refractivity contribution in [1.29, 1.82) is 0 Å². The Labute approximate surface area is 297 Å². The summed E-state index contributed by atoms with van der Waals surface area (Å²) < 4.78 is 29.0. The number of nitrogens with zero attached hydrogens (tertiary/aromatic N) is 1. The van der Waals surface area contributed by atoms with Crippen LogP contribution in [0.4, 0.5) is 21.9 Å². The molecule has 2 saturated heterocycles. The van der Waals surface area contributed by atoms with Crippen molar-refractivity contribution in [2.24, 2.45) is 5.92 Å². The highest BCUT2D eigenvalue weighted by atomic mass is 35.5. The van der Waals surface area contributed by atoms with Crippen LogP contribution in [-0.2, 0) is 35.0 Å². The van der Waals surface area contributed by atoms with Gasteiger partial charge in [0.05, 0.1) is 42.5 Å². The van der Waals surface area contributed by atoms with Gasteiger partial charge in [-0.2, -0.15) is 0 Å². The topological polar surface area (TPSA) is 162 Å². The van der Waals surface area contributed by atoms with Gasteiger partial charge in [-0.05, 0) is 56.5 Å². The highest BCUT2D eigenvalue weighted by Gasteiger charge is 2.64. The Hall–Kier alpha value is -4.10. The maximum atomic E-state index is 14.0. The lowest BCUT2D eigenvalue weighted by molar-refractivity contribution is -0.187. The van der Waals surface area contributed by atoms with Crippen LogP contribution in [0.2, 0.25) is 5.02 Å². The summed E-state index contributed by atoms with van der Waals surface area (Å²) in [6.07, 6.45) is 1.48. The van der Waals surface area contributed by atoms with E-state index in [9.17, 15) is 19.5 Å². The number of nitrogens with two attached hydrogens (primary N) is 1. The lowest BCUT2D eigenvalue weighted by Gasteiger charge is -2.41. The fourth-order valence-electron chi connectivity index (χ4n) is 6.98. The second kappa shape index (κ2) is 14.6. The molecule has 3 aliphatic heterocycles. The van der Waals surface area contributed by atoms with E-state index >= 15 is 0 Å². The van der Waals surface area contributed by atoms with Gasteiger partial charge in [-0.15, -0.1) is 0 Å². The number of aryl methyl sites for hydroxylation is 1. The number of halogens is 1. The Morgan fingerprint density at radius 1 is 1.18 bits per heavy atom. The zero-order chi connectivity index (χ0) is 36.5. The molecule has 12 nitrogen and oxygen atoms in total. The van der Waals surface area contributed by atoms with Crippen LogP contribution in [0.1, 0.15) is 51.2 Å². The number of hydrogen-bond donors (Lipinski definition) is 3. The minimum atomic E-state index is -1.55. The molecular formula is C37H46ClN3O9. The van der Waals surface area contributed by atoms with Crippen molar-refractivity contribution in [3.8, 4) is 5.75 Å². The molecule has 0 aliphatic carbocycles. The molecule has 2 amide bonds. The minimum absolute atomic E-state index is 0.0790. The van der Waals surface area contributed by atoms with Crippen molar-refractivity contribution in [3.05, 3.63) is 70.3 Å². The fourth-order valence-corrected chi connectivity index (χ4v) is 7.21. The molecule has 270 valence electrons. The van der Waals surface area contributed by atoms with Gasteiger partial charge in [0.2, 0.25) is 5.91 Å². The molecule has 2 aromatic rings. The summed E-state index contributed by atoms with van der Waals surface area (Å²) in [5.41, 5.74) is 7.16. The van der Waals surface area contributed by atoms with E-state index in [0.717, 1.165) is 16.7 Å². The van der Waals surface area contributed by atoms with E-state index in [1.807, 2.05) is 39.0 Å². The summed E-state index contributed by atoms with van der Waals surface area (Å²) >= 11 is 6.76. The Morgan fingerprint density at radius 3 is 2.62 bits per heavy atom. The molecule has 0 unspecified atom stereocenters. The number of benzene rings is 2. The van der Waals surface area contributed by atoms with Gasteiger partial charge < -0.3 is 39.4 Å². The van der Waals surface area contributed by atoms with Crippen LogP contribution in [0.15, 0.2) is 54.1 Å². The number of allylic oxidation sites excluding steroid dienone is 3. The van der Waals surface area contributed by atoms with E-state index in [1.165, 1.54) is 19.1 Å². The van der Waals surface area contributed by atoms with Crippen molar-refractivity contribution < 1.29 is 43.2 Å². The predicted octanol–water partition coefficient (Wildman–Crippen LogP) is 5.51.